The molecule has 2 rings (SSSR count). The van der Waals surface area contributed by atoms with Crippen LogP contribution in [0.3, 0.4) is 0 Å². The first-order valence-corrected chi connectivity index (χ1v) is 7.23. The molecule has 0 aliphatic heterocycles. The van der Waals surface area contributed by atoms with Gasteiger partial charge in [0.2, 0.25) is 0 Å². The van der Waals surface area contributed by atoms with Gasteiger partial charge in [-0.25, -0.2) is 0 Å². The van der Waals surface area contributed by atoms with Crippen LogP contribution < -0.4 is 10.5 Å². The highest BCUT2D eigenvalue weighted by Gasteiger charge is 2.14. The lowest BCUT2D eigenvalue weighted by molar-refractivity contribution is 0.213. The number of hydrogen-bond donors (Lipinski definition) is 1. The molecule has 0 aromatic heterocycles. The van der Waals surface area contributed by atoms with Crippen molar-refractivity contribution < 1.29 is 4.74 Å². The molecule has 1 atom stereocenters. The van der Waals surface area contributed by atoms with Gasteiger partial charge in [-0.2, -0.15) is 0 Å². The first-order valence-electron chi connectivity index (χ1n) is 5.68. The molecule has 0 saturated heterocycles. The van der Waals surface area contributed by atoms with Gasteiger partial charge in [0, 0.05) is 22.6 Å². The van der Waals surface area contributed by atoms with Gasteiger partial charge < -0.3 is 10.5 Å². The third-order valence-corrected chi connectivity index (χ3v) is 4.10. The molecule has 0 fully saturated rings. The van der Waals surface area contributed by atoms with E-state index in [1.165, 1.54) is 0 Å². The van der Waals surface area contributed by atoms with E-state index in [9.17, 15) is 0 Å². The fraction of sp³-hybridized carbons (Fsp3) is 0.143. The molecule has 0 aliphatic rings. The summed E-state index contributed by atoms with van der Waals surface area (Å²) in [5, 5.41) is 0.960. The minimum absolute atomic E-state index is 0.243. The highest BCUT2D eigenvalue weighted by molar-refractivity contribution is 9.10. The fourth-order valence-electron chi connectivity index (χ4n) is 1.69. The molecule has 2 aromatic rings. The topological polar surface area (TPSA) is 35.2 Å². The molecule has 0 heterocycles. The molecule has 19 heavy (non-hydrogen) atoms. The zero-order valence-corrected chi connectivity index (χ0v) is 13.0. The second-order valence-corrected chi connectivity index (χ2v) is 5.61. The van der Waals surface area contributed by atoms with Crippen LogP contribution in [0.4, 0.5) is 0 Å². The van der Waals surface area contributed by atoms with E-state index in [-0.39, 0.29) is 6.10 Å². The first kappa shape index (κ1) is 14.7. The summed E-state index contributed by atoms with van der Waals surface area (Å²) in [5.74, 6) is 0.639. The van der Waals surface area contributed by atoms with Gasteiger partial charge in [0.05, 0.1) is 10.0 Å². The number of nitrogens with two attached hydrogens (primary N) is 1. The van der Waals surface area contributed by atoms with E-state index in [4.69, 9.17) is 33.7 Å². The average Bonchev–Trinajstić information content (AvgIpc) is 2.41. The van der Waals surface area contributed by atoms with Gasteiger partial charge >= 0.3 is 0 Å². The van der Waals surface area contributed by atoms with Crippen LogP contribution in [0.1, 0.15) is 11.7 Å². The molecule has 0 aliphatic carbocycles. The summed E-state index contributed by atoms with van der Waals surface area (Å²) >= 11 is 15.3. The number of halogens is 3. The molecule has 1 unspecified atom stereocenters. The molecule has 100 valence electrons. The molecule has 2 nitrogen and oxygen atoms in total. The highest BCUT2D eigenvalue weighted by Crippen LogP contribution is 2.31. The summed E-state index contributed by atoms with van der Waals surface area (Å²) in [4.78, 5) is 0. The maximum atomic E-state index is 5.97. The van der Waals surface area contributed by atoms with Crippen LogP contribution in [-0.2, 0) is 0 Å². The molecule has 0 bridgehead atoms. The van der Waals surface area contributed by atoms with E-state index in [2.05, 4.69) is 15.9 Å². The zero-order valence-electron chi connectivity index (χ0n) is 9.95. The maximum absolute atomic E-state index is 5.97. The number of ether oxygens (including phenoxy) is 1. The molecule has 0 spiro atoms. The Morgan fingerprint density at radius 2 is 1.84 bits per heavy atom. The zero-order chi connectivity index (χ0) is 13.8. The van der Waals surface area contributed by atoms with Gasteiger partial charge in [-0.3, -0.25) is 0 Å². The molecular weight excluding hydrogens is 349 g/mol. The van der Waals surface area contributed by atoms with Crippen molar-refractivity contribution in [3.63, 3.8) is 0 Å². The van der Waals surface area contributed by atoms with Gasteiger partial charge in [-0.05, 0) is 18.2 Å². The van der Waals surface area contributed by atoms with Crippen LogP contribution in [0.2, 0.25) is 10.0 Å². The summed E-state index contributed by atoms with van der Waals surface area (Å²) in [6, 6.07) is 13.0. The van der Waals surface area contributed by atoms with Crippen LogP contribution in [0.15, 0.2) is 46.9 Å². The second kappa shape index (κ2) is 6.62. The molecular formula is C14H12BrCl2NO. The summed E-state index contributed by atoms with van der Waals surface area (Å²) in [6.07, 6.45) is -0.243. The Morgan fingerprint density at radius 3 is 2.47 bits per heavy atom. The average molecular weight is 361 g/mol. The van der Waals surface area contributed by atoms with Crippen molar-refractivity contribution in [1.82, 2.24) is 0 Å². The normalized spacial score (nSPS) is 12.2. The van der Waals surface area contributed by atoms with Gasteiger partial charge in [0.15, 0.2) is 0 Å². The van der Waals surface area contributed by atoms with Crippen molar-refractivity contribution in [2.45, 2.75) is 6.10 Å². The Balaban J connectivity index is 2.24. The van der Waals surface area contributed by atoms with E-state index in [0.717, 1.165) is 10.0 Å². The third kappa shape index (κ3) is 3.63. The Kier molecular flexibility index (Phi) is 5.11. The molecule has 5 heteroatoms. The van der Waals surface area contributed by atoms with Crippen molar-refractivity contribution in [1.29, 1.82) is 0 Å². The predicted molar refractivity (Wildman–Crippen MR) is 83.0 cm³/mol. The van der Waals surface area contributed by atoms with Crippen LogP contribution in [-0.4, -0.2) is 6.54 Å². The monoisotopic (exact) mass is 359 g/mol. The molecule has 0 radical (unpaired) electrons. The van der Waals surface area contributed by atoms with Crippen LogP contribution >= 0.6 is 39.1 Å². The van der Waals surface area contributed by atoms with E-state index in [0.29, 0.717) is 22.3 Å². The van der Waals surface area contributed by atoms with Crippen molar-refractivity contribution in [3.8, 4) is 5.75 Å². The first-order chi connectivity index (χ1) is 9.11. The van der Waals surface area contributed by atoms with Crippen molar-refractivity contribution in [2.75, 3.05) is 6.54 Å². The second-order valence-electron chi connectivity index (χ2n) is 3.94. The van der Waals surface area contributed by atoms with E-state index in [1.807, 2.05) is 24.3 Å². The third-order valence-electron chi connectivity index (χ3n) is 2.64. The van der Waals surface area contributed by atoms with E-state index < -0.39 is 0 Å². The Labute approximate surface area is 130 Å². The molecule has 2 aromatic carbocycles. The standard InChI is InChI=1S/C14H12BrCl2NO/c15-11-4-2-1-3-10(11)14(8-18)19-9-5-6-12(16)13(17)7-9/h1-7,14H,8,18H2. The van der Waals surface area contributed by atoms with E-state index in [1.54, 1.807) is 18.2 Å². The predicted octanol–water partition coefficient (Wildman–Crippen LogP) is 4.83. The number of hydrogen-bond acceptors (Lipinski definition) is 2. The van der Waals surface area contributed by atoms with Gasteiger partial charge in [-0.1, -0.05) is 57.3 Å². The Morgan fingerprint density at radius 1 is 1.11 bits per heavy atom. The number of rotatable bonds is 4. The minimum atomic E-state index is -0.243. The lowest BCUT2D eigenvalue weighted by atomic mass is 10.1. The van der Waals surface area contributed by atoms with Gasteiger partial charge in [-0.15, -0.1) is 0 Å². The van der Waals surface area contributed by atoms with E-state index >= 15 is 0 Å². The van der Waals surface area contributed by atoms with Crippen LogP contribution in [0.5, 0.6) is 5.75 Å². The molecule has 0 amide bonds. The largest absolute Gasteiger partial charge is 0.484 e. The summed E-state index contributed by atoms with van der Waals surface area (Å²) in [6.45, 7) is 0.364. The summed E-state index contributed by atoms with van der Waals surface area (Å²) < 4.78 is 6.83. The lowest BCUT2D eigenvalue weighted by Crippen LogP contribution is -2.18. The fourth-order valence-corrected chi connectivity index (χ4v) is 2.52. The van der Waals surface area contributed by atoms with Crippen LogP contribution in [0, 0.1) is 0 Å². The summed E-state index contributed by atoms with van der Waals surface area (Å²) in [7, 11) is 0. The Bertz CT molecular complexity index is 577. The highest BCUT2D eigenvalue weighted by atomic mass is 79.9. The quantitative estimate of drug-likeness (QED) is 0.846. The number of benzene rings is 2. The maximum Gasteiger partial charge on any atom is 0.137 e. The van der Waals surface area contributed by atoms with Gasteiger partial charge in [0.25, 0.3) is 0 Å². The van der Waals surface area contributed by atoms with Gasteiger partial charge in [0.1, 0.15) is 11.9 Å². The van der Waals surface area contributed by atoms with Crippen molar-refractivity contribution in [2.24, 2.45) is 5.73 Å². The minimum Gasteiger partial charge on any atom is -0.484 e. The SMILES string of the molecule is NCC(Oc1ccc(Cl)c(Cl)c1)c1ccccc1Br. The van der Waals surface area contributed by atoms with Crippen LogP contribution in [0.25, 0.3) is 0 Å². The molecule has 0 saturated carbocycles. The van der Waals surface area contributed by atoms with Crippen molar-refractivity contribution in [3.05, 3.63) is 62.5 Å². The molecule has 2 N–H and O–H groups in total. The summed E-state index contributed by atoms with van der Waals surface area (Å²) in [5.41, 5.74) is 6.78. The lowest BCUT2D eigenvalue weighted by Gasteiger charge is -2.19. The smallest absolute Gasteiger partial charge is 0.137 e. The van der Waals surface area contributed by atoms with Crippen molar-refractivity contribution >= 4 is 39.1 Å². The Hall–Kier alpha value is -0.740.